The number of hydrogen-bond acceptors (Lipinski definition) is 3. The molecule has 4 heteroatoms. The molecular formula is C15H14N2O2. The zero-order chi connectivity index (χ0) is 13.2. The minimum atomic E-state index is 0.243. The molecule has 4 nitrogen and oxygen atoms in total. The molecule has 0 saturated carbocycles. The Balaban J connectivity index is 1.87. The predicted molar refractivity (Wildman–Crippen MR) is 73.6 cm³/mol. The van der Waals surface area contributed by atoms with Crippen LogP contribution in [0.1, 0.15) is 11.4 Å². The van der Waals surface area contributed by atoms with E-state index >= 15 is 0 Å². The number of phenolic OH excluding ortho intramolecular Hbond substituents is 1. The Labute approximate surface area is 110 Å². The summed E-state index contributed by atoms with van der Waals surface area (Å²) in [4.78, 5) is 7.70. The molecule has 2 aromatic carbocycles. The molecule has 0 bridgehead atoms. The Morgan fingerprint density at radius 1 is 1.16 bits per heavy atom. The Bertz CT molecular complexity index is 702. The molecule has 0 spiro atoms. The van der Waals surface area contributed by atoms with Crippen LogP contribution in [0.3, 0.4) is 0 Å². The first-order valence-electron chi connectivity index (χ1n) is 6.05. The van der Waals surface area contributed by atoms with E-state index < -0.39 is 0 Å². The zero-order valence-electron chi connectivity index (χ0n) is 10.6. The number of aromatic hydroxyl groups is 1. The molecule has 0 unspecified atom stereocenters. The molecule has 0 aliphatic heterocycles. The maximum Gasteiger partial charge on any atom is 0.118 e. The summed E-state index contributed by atoms with van der Waals surface area (Å²) in [6.45, 7) is 0. The van der Waals surface area contributed by atoms with Crippen LogP contribution in [0, 0.1) is 0 Å². The maximum absolute atomic E-state index is 9.43. The monoisotopic (exact) mass is 254 g/mol. The average molecular weight is 254 g/mol. The summed E-state index contributed by atoms with van der Waals surface area (Å²) in [5.74, 6) is 1.97. The second-order valence-electron chi connectivity index (χ2n) is 4.41. The van der Waals surface area contributed by atoms with Crippen molar-refractivity contribution in [2.45, 2.75) is 6.42 Å². The molecule has 1 aromatic heterocycles. The van der Waals surface area contributed by atoms with Crippen LogP contribution in [0.2, 0.25) is 0 Å². The molecule has 0 atom stereocenters. The minimum absolute atomic E-state index is 0.243. The van der Waals surface area contributed by atoms with Gasteiger partial charge in [0.1, 0.15) is 17.3 Å². The van der Waals surface area contributed by atoms with Crippen LogP contribution in [0.5, 0.6) is 11.5 Å². The lowest BCUT2D eigenvalue weighted by Crippen LogP contribution is -1.91. The van der Waals surface area contributed by atoms with E-state index in [2.05, 4.69) is 9.97 Å². The normalized spacial score (nSPS) is 10.8. The number of H-pyrrole nitrogens is 1. The van der Waals surface area contributed by atoms with Gasteiger partial charge in [0.05, 0.1) is 18.1 Å². The number of aromatic amines is 1. The van der Waals surface area contributed by atoms with E-state index in [1.54, 1.807) is 25.3 Å². The van der Waals surface area contributed by atoms with Gasteiger partial charge in [-0.1, -0.05) is 12.1 Å². The SMILES string of the molecule is COc1ccc(Cc2nc3ccc(O)cc3[nH]2)cc1. The third kappa shape index (κ3) is 2.38. The Morgan fingerprint density at radius 3 is 2.68 bits per heavy atom. The number of ether oxygens (including phenoxy) is 1. The largest absolute Gasteiger partial charge is 0.508 e. The van der Waals surface area contributed by atoms with Crippen molar-refractivity contribution >= 4 is 11.0 Å². The second-order valence-corrected chi connectivity index (χ2v) is 4.41. The van der Waals surface area contributed by atoms with E-state index in [1.165, 1.54) is 0 Å². The van der Waals surface area contributed by atoms with Crippen LogP contribution >= 0.6 is 0 Å². The molecule has 1 heterocycles. The van der Waals surface area contributed by atoms with Crippen LogP contribution in [0.25, 0.3) is 11.0 Å². The van der Waals surface area contributed by atoms with Gasteiger partial charge in [0.25, 0.3) is 0 Å². The minimum Gasteiger partial charge on any atom is -0.508 e. The van der Waals surface area contributed by atoms with Gasteiger partial charge in [-0.15, -0.1) is 0 Å². The van der Waals surface area contributed by atoms with E-state index in [9.17, 15) is 5.11 Å². The molecule has 0 aliphatic carbocycles. The molecule has 0 aliphatic rings. The predicted octanol–water partition coefficient (Wildman–Crippen LogP) is 2.87. The van der Waals surface area contributed by atoms with E-state index in [1.807, 2.05) is 24.3 Å². The van der Waals surface area contributed by atoms with Gasteiger partial charge < -0.3 is 14.8 Å². The summed E-state index contributed by atoms with van der Waals surface area (Å²) in [5.41, 5.74) is 2.87. The molecule has 0 amide bonds. The molecule has 0 radical (unpaired) electrons. The Morgan fingerprint density at radius 2 is 1.95 bits per heavy atom. The first-order valence-corrected chi connectivity index (χ1v) is 6.05. The molecule has 96 valence electrons. The van der Waals surface area contributed by atoms with E-state index in [0.717, 1.165) is 34.6 Å². The topological polar surface area (TPSA) is 58.1 Å². The van der Waals surface area contributed by atoms with Crippen molar-refractivity contribution in [2.75, 3.05) is 7.11 Å². The van der Waals surface area contributed by atoms with Gasteiger partial charge in [-0.05, 0) is 29.8 Å². The van der Waals surface area contributed by atoms with Crippen molar-refractivity contribution in [3.8, 4) is 11.5 Å². The fourth-order valence-corrected chi connectivity index (χ4v) is 2.07. The van der Waals surface area contributed by atoms with E-state index in [-0.39, 0.29) is 5.75 Å². The molecule has 0 fully saturated rings. The molecule has 19 heavy (non-hydrogen) atoms. The lowest BCUT2D eigenvalue weighted by molar-refractivity contribution is 0.414. The lowest BCUT2D eigenvalue weighted by atomic mass is 10.1. The van der Waals surface area contributed by atoms with Crippen molar-refractivity contribution < 1.29 is 9.84 Å². The highest BCUT2D eigenvalue weighted by Gasteiger charge is 2.04. The summed E-state index contributed by atoms with van der Waals surface area (Å²) >= 11 is 0. The number of fused-ring (bicyclic) bond motifs is 1. The van der Waals surface area contributed by atoms with Gasteiger partial charge in [-0.3, -0.25) is 0 Å². The number of nitrogens with one attached hydrogen (secondary N) is 1. The summed E-state index contributed by atoms with van der Waals surface area (Å²) in [6.07, 6.45) is 0.722. The molecule has 3 aromatic rings. The van der Waals surface area contributed by atoms with Crippen LogP contribution < -0.4 is 4.74 Å². The number of hydrogen-bond donors (Lipinski definition) is 2. The molecule has 0 saturated heterocycles. The van der Waals surface area contributed by atoms with Crippen molar-refractivity contribution in [2.24, 2.45) is 0 Å². The van der Waals surface area contributed by atoms with Crippen LogP contribution in [-0.4, -0.2) is 22.2 Å². The number of imidazole rings is 1. The van der Waals surface area contributed by atoms with Crippen molar-refractivity contribution in [1.29, 1.82) is 0 Å². The van der Waals surface area contributed by atoms with Crippen LogP contribution in [0.15, 0.2) is 42.5 Å². The van der Waals surface area contributed by atoms with Crippen molar-refractivity contribution in [3.05, 3.63) is 53.9 Å². The van der Waals surface area contributed by atoms with E-state index in [4.69, 9.17) is 4.74 Å². The smallest absolute Gasteiger partial charge is 0.118 e. The third-order valence-corrected chi connectivity index (χ3v) is 3.05. The van der Waals surface area contributed by atoms with Crippen molar-refractivity contribution in [1.82, 2.24) is 9.97 Å². The lowest BCUT2D eigenvalue weighted by Gasteiger charge is -2.01. The van der Waals surface area contributed by atoms with Gasteiger partial charge >= 0.3 is 0 Å². The second kappa shape index (κ2) is 4.65. The van der Waals surface area contributed by atoms with E-state index in [0.29, 0.717) is 0 Å². The summed E-state index contributed by atoms with van der Waals surface area (Å²) in [5, 5.41) is 9.43. The molecule has 3 rings (SSSR count). The summed E-state index contributed by atoms with van der Waals surface area (Å²) < 4.78 is 5.13. The van der Waals surface area contributed by atoms with Gasteiger partial charge in [-0.25, -0.2) is 4.98 Å². The molecular weight excluding hydrogens is 240 g/mol. The highest BCUT2D eigenvalue weighted by molar-refractivity contribution is 5.76. The van der Waals surface area contributed by atoms with Gasteiger partial charge in [0.15, 0.2) is 0 Å². The number of nitrogens with zero attached hydrogens (tertiary/aromatic N) is 1. The van der Waals surface area contributed by atoms with Gasteiger partial charge in [0, 0.05) is 12.5 Å². The average Bonchev–Trinajstić information content (AvgIpc) is 2.81. The first-order chi connectivity index (χ1) is 9.24. The third-order valence-electron chi connectivity index (χ3n) is 3.05. The van der Waals surface area contributed by atoms with Crippen LogP contribution in [-0.2, 0) is 6.42 Å². The number of methoxy groups -OCH3 is 1. The standard InChI is InChI=1S/C15H14N2O2/c1-19-12-5-2-10(3-6-12)8-15-16-13-7-4-11(18)9-14(13)17-15/h2-7,9,18H,8H2,1H3,(H,16,17). The zero-order valence-corrected chi connectivity index (χ0v) is 10.6. The Hall–Kier alpha value is -2.49. The fourth-order valence-electron chi connectivity index (χ4n) is 2.07. The molecule has 2 N–H and O–H groups in total. The maximum atomic E-state index is 9.43. The van der Waals surface area contributed by atoms with Crippen LogP contribution in [0.4, 0.5) is 0 Å². The quantitative estimate of drug-likeness (QED) is 0.755. The number of aromatic nitrogens is 2. The van der Waals surface area contributed by atoms with Crippen molar-refractivity contribution in [3.63, 3.8) is 0 Å². The fraction of sp³-hybridized carbons (Fsp3) is 0.133. The number of phenols is 1. The summed E-state index contributed by atoms with van der Waals surface area (Å²) in [7, 11) is 1.65. The Kier molecular flexibility index (Phi) is 2.83. The van der Waals surface area contributed by atoms with Gasteiger partial charge in [-0.2, -0.15) is 0 Å². The number of rotatable bonds is 3. The van der Waals surface area contributed by atoms with Gasteiger partial charge in [0.2, 0.25) is 0 Å². The highest BCUT2D eigenvalue weighted by atomic mass is 16.5. The highest BCUT2D eigenvalue weighted by Crippen LogP contribution is 2.19. The first kappa shape index (κ1) is 11.6. The summed E-state index contributed by atoms with van der Waals surface area (Å²) in [6, 6.07) is 13.0. The number of benzene rings is 2.